The zero-order valence-corrected chi connectivity index (χ0v) is 21.8. The van der Waals surface area contributed by atoms with E-state index >= 15 is 4.39 Å². The van der Waals surface area contributed by atoms with Crippen molar-refractivity contribution in [3.63, 3.8) is 0 Å². The van der Waals surface area contributed by atoms with Crippen LogP contribution in [0.1, 0.15) is 24.5 Å². The van der Waals surface area contributed by atoms with Crippen LogP contribution < -0.4 is 10.6 Å². The first-order valence-corrected chi connectivity index (χ1v) is 12.8. The van der Waals surface area contributed by atoms with Crippen LogP contribution in [0.5, 0.6) is 0 Å². The molecule has 2 aromatic heterocycles. The Kier molecular flexibility index (Phi) is 7.29. The van der Waals surface area contributed by atoms with E-state index < -0.39 is 24.3 Å². The van der Waals surface area contributed by atoms with Gasteiger partial charge in [-0.15, -0.1) is 0 Å². The zero-order chi connectivity index (χ0) is 27.7. The van der Waals surface area contributed by atoms with E-state index in [9.17, 15) is 14.4 Å². The number of benzene rings is 2. The van der Waals surface area contributed by atoms with Gasteiger partial charge in [-0.3, -0.25) is 23.7 Å². The maximum absolute atomic E-state index is 15.5. The smallest absolute Gasteiger partial charge is 0.322 e. The van der Waals surface area contributed by atoms with Crippen molar-refractivity contribution in [3.05, 3.63) is 48.0 Å². The van der Waals surface area contributed by atoms with E-state index in [0.29, 0.717) is 22.0 Å². The van der Waals surface area contributed by atoms with Crippen LogP contribution >= 0.6 is 0 Å². The molecule has 0 saturated carbocycles. The first-order chi connectivity index (χ1) is 18.7. The number of nitrogens with one attached hydrogen (secondary N) is 2. The number of carboxylic acids is 1. The molecule has 3 heterocycles. The average Bonchev–Trinajstić information content (AvgIpc) is 3.46. The van der Waals surface area contributed by atoms with E-state index in [-0.39, 0.29) is 24.8 Å². The number of carboxylic acid groups (broad SMARTS) is 1. The van der Waals surface area contributed by atoms with Gasteiger partial charge in [0.1, 0.15) is 18.9 Å². The van der Waals surface area contributed by atoms with Crippen molar-refractivity contribution < 1.29 is 23.9 Å². The number of hydrogen-bond acceptors (Lipinski definition) is 6. The number of aromatic nitrogens is 4. The highest BCUT2D eigenvalue weighted by Crippen LogP contribution is 2.39. The van der Waals surface area contributed by atoms with Crippen molar-refractivity contribution in [1.29, 1.82) is 0 Å². The Labute approximate surface area is 223 Å². The fourth-order valence-corrected chi connectivity index (χ4v) is 5.16. The molecule has 5 rings (SSSR count). The summed E-state index contributed by atoms with van der Waals surface area (Å²) in [6, 6.07) is 8.83. The second-order valence-corrected chi connectivity index (χ2v) is 9.93. The van der Waals surface area contributed by atoms with Crippen molar-refractivity contribution in [2.45, 2.75) is 25.3 Å². The molecule has 0 unspecified atom stereocenters. The van der Waals surface area contributed by atoms with Crippen molar-refractivity contribution in [2.75, 3.05) is 33.2 Å². The van der Waals surface area contributed by atoms with Crippen LogP contribution in [0.25, 0.3) is 32.9 Å². The first kappa shape index (κ1) is 26.3. The number of halogens is 1. The minimum absolute atomic E-state index is 0.138. The number of carbonyl (C=O) groups is 3. The number of likely N-dealkylation sites (tertiary alicyclic amines) is 1. The molecule has 1 aliphatic heterocycles. The maximum atomic E-state index is 15.5. The number of amides is 2. The second kappa shape index (κ2) is 10.8. The first-order valence-electron chi connectivity index (χ1n) is 12.8. The number of carbonyl (C=O) groups excluding carboxylic acids is 2. The monoisotopic (exact) mass is 535 g/mol. The van der Waals surface area contributed by atoms with E-state index in [0.717, 1.165) is 42.5 Å². The third-order valence-corrected chi connectivity index (χ3v) is 7.21. The van der Waals surface area contributed by atoms with Gasteiger partial charge in [0, 0.05) is 29.3 Å². The lowest BCUT2D eigenvalue weighted by molar-refractivity contribution is -0.137. The summed E-state index contributed by atoms with van der Waals surface area (Å²) in [7, 11) is 3.89. The van der Waals surface area contributed by atoms with E-state index in [2.05, 4.69) is 27.7 Å². The Balaban J connectivity index is 1.52. The number of nitrogens with zero attached hydrogens (tertiary/aromatic N) is 5. The van der Waals surface area contributed by atoms with Crippen LogP contribution in [0.15, 0.2) is 36.5 Å². The van der Waals surface area contributed by atoms with E-state index in [1.54, 1.807) is 21.6 Å². The van der Waals surface area contributed by atoms with Crippen molar-refractivity contribution in [1.82, 2.24) is 35.1 Å². The Hall–Kier alpha value is -4.32. The molecule has 0 spiro atoms. The van der Waals surface area contributed by atoms with Gasteiger partial charge in [0.15, 0.2) is 0 Å². The van der Waals surface area contributed by atoms with Gasteiger partial charge >= 0.3 is 5.97 Å². The molecule has 1 saturated heterocycles. The topological polar surface area (TPSA) is 134 Å². The van der Waals surface area contributed by atoms with Crippen LogP contribution in [-0.4, -0.2) is 80.6 Å². The van der Waals surface area contributed by atoms with Crippen LogP contribution in [0.4, 0.5) is 4.39 Å². The van der Waals surface area contributed by atoms with Gasteiger partial charge in [-0.2, -0.15) is 10.2 Å². The third kappa shape index (κ3) is 5.46. The Morgan fingerprint density at radius 3 is 2.51 bits per heavy atom. The highest BCUT2D eigenvalue weighted by molar-refractivity contribution is 6.00. The van der Waals surface area contributed by atoms with Gasteiger partial charge in [0.2, 0.25) is 11.8 Å². The number of aryl methyl sites for hydroxylation is 1. The molecule has 0 radical (unpaired) electrons. The molecule has 2 aromatic carbocycles. The Morgan fingerprint density at radius 1 is 1.03 bits per heavy atom. The second-order valence-electron chi connectivity index (χ2n) is 9.93. The molecule has 12 heteroatoms. The fourth-order valence-electron chi connectivity index (χ4n) is 5.16. The SMILES string of the molecule is CN1CCC(c2nn(CC(=O)NCC(=O)NCC(=O)O)c3cccc(-c4cc5c(cnn5C)cc4F)c23)CC1. The molecule has 3 N–H and O–H groups in total. The number of hydrogen-bond donors (Lipinski definition) is 3. The molecule has 0 atom stereocenters. The van der Waals surface area contributed by atoms with Gasteiger partial charge < -0.3 is 20.6 Å². The van der Waals surface area contributed by atoms with Crippen molar-refractivity contribution in [2.24, 2.45) is 7.05 Å². The summed E-state index contributed by atoms with van der Waals surface area (Å²) < 4.78 is 18.8. The Bertz CT molecular complexity index is 1570. The quantitative estimate of drug-likeness (QED) is 0.314. The van der Waals surface area contributed by atoms with Crippen LogP contribution in [0, 0.1) is 5.82 Å². The predicted molar refractivity (Wildman–Crippen MR) is 143 cm³/mol. The lowest BCUT2D eigenvalue weighted by atomic mass is 9.89. The lowest BCUT2D eigenvalue weighted by Crippen LogP contribution is -2.40. The van der Waals surface area contributed by atoms with Crippen LogP contribution in [0.2, 0.25) is 0 Å². The van der Waals surface area contributed by atoms with Crippen molar-refractivity contribution >= 4 is 39.6 Å². The summed E-state index contributed by atoms with van der Waals surface area (Å²) in [6.07, 6.45) is 3.40. The molecule has 1 fully saturated rings. The van der Waals surface area contributed by atoms with E-state index in [1.807, 2.05) is 25.2 Å². The molecule has 11 nitrogen and oxygen atoms in total. The summed E-state index contributed by atoms with van der Waals surface area (Å²) in [5, 5.41) is 24.0. The van der Waals surface area contributed by atoms with Gasteiger partial charge in [-0.05, 0) is 56.7 Å². The zero-order valence-electron chi connectivity index (χ0n) is 21.8. The molecule has 204 valence electrons. The van der Waals surface area contributed by atoms with Gasteiger partial charge in [0.05, 0.1) is 29.5 Å². The number of piperidine rings is 1. The molecule has 0 bridgehead atoms. The molecule has 4 aromatic rings. The third-order valence-electron chi connectivity index (χ3n) is 7.21. The summed E-state index contributed by atoms with van der Waals surface area (Å²) in [5.41, 5.74) is 3.45. The number of aliphatic carboxylic acids is 1. The van der Waals surface area contributed by atoms with Gasteiger partial charge in [0.25, 0.3) is 0 Å². The highest BCUT2D eigenvalue weighted by atomic mass is 19.1. The molecule has 39 heavy (non-hydrogen) atoms. The highest BCUT2D eigenvalue weighted by Gasteiger charge is 2.27. The standard InChI is InChI=1S/C27H30FN7O4/c1-33-8-6-16(7-9-33)27-26-18(19-11-22-17(10-20(19)28)12-31-34(22)2)4-3-5-21(26)35(32-27)15-24(37)29-13-23(36)30-14-25(38)39/h3-5,10-12,16H,6-9,13-15H2,1-2H3,(H,29,37)(H,30,36)(H,38,39). The normalized spacial score (nSPS) is 14.6. The van der Waals surface area contributed by atoms with Crippen LogP contribution in [0.3, 0.4) is 0 Å². The summed E-state index contributed by atoms with van der Waals surface area (Å²) in [6.45, 7) is 0.781. The van der Waals surface area contributed by atoms with Gasteiger partial charge in [-0.1, -0.05) is 12.1 Å². The number of fused-ring (bicyclic) bond motifs is 2. The predicted octanol–water partition coefficient (Wildman–Crippen LogP) is 1.86. The van der Waals surface area contributed by atoms with Crippen LogP contribution in [-0.2, 0) is 28.0 Å². The molecule has 2 amide bonds. The largest absolute Gasteiger partial charge is 0.480 e. The number of rotatable bonds is 8. The molecular formula is C27H30FN7O4. The maximum Gasteiger partial charge on any atom is 0.322 e. The molecular weight excluding hydrogens is 505 g/mol. The lowest BCUT2D eigenvalue weighted by Gasteiger charge is -2.28. The average molecular weight is 536 g/mol. The summed E-state index contributed by atoms with van der Waals surface area (Å²) >= 11 is 0. The molecule has 1 aliphatic rings. The van der Waals surface area contributed by atoms with E-state index in [1.165, 1.54) is 6.07 Å². The molecule has 0 aliphatic carbocycles. The van der Waals surface area contributed by atoms with Crippen molar-refractivity contribution in [3.8, 4) is 11.1 Å². The summed E-state index contributed by atoms with van der Waals surface area (Å²) in [5.74, 6) is -2.46. The Morgan fingerprint density at radius 2 is 1.77 bits per heavy atom. The minimum Gasteiger partial charge on any atom is -0.480 e. The van der Waals surface area contributed by atoms with E-state index in [4.69, 9.17) is 10.2 Å². The minimum atomic E-state index is -1.17. The van der Waals surface area contributed by atoms with Gasteiger partial charge in [-0.25, -0.2) is 4.39 Å². The fraction of sp³-hybridized carbons (Fsp3) is 0.370. The summed E-state index contributed by atoms with van der Waals surface area (Å²) in [4.78, 5) is 37.5.